The smallest absolute Gasteiger partial charge is 0.254 e. The summed E-state index contributed by atoms with van der Waals surface area (Å²) in [5.74, 6) is -1.89. The molecule has 238 valence electrons. The predicted molar refractivity (Wildman–Crippen MR) is 172 cm³/mol. The van der Waals surface area contributed by atoms with Crippen molar-refractivity contribution in [2.45, 2.75) is 84.9 Å². The topological polar surface area (TPSA) is 86.9 Å². The van der Waals surface area contributed by atoms with E-state index in [-0.39, 0.29) is 31.3 Å². The number of aryl methyl sites for hydroxylation is 2. The van der Waals surface area contributed by atoms with Crippen molar-refractivity contribution in [1.29, 1.82) is 0 Å². The van der Waals surface area contributed by atoms with Gasteiger partial charge in [0.05, 0.1) is 6.10 Å². The first-order chi connectivity index (χ1) is 21.0. The van der Waals surface area contributed by atoms with E-state index >= 15 is 0 Å². The highest BCUT2D eigenvalue weighted by atomic mass is 19.1. The lowest BCUT2D eigenvalue weighted by Gasteiger charge is -2.29. The number of aliphatic hydroxyl groups excluding tert-OH is 1. The quantitative estimate of drug-likeness (QED) is 0.196. The number of rotatable bonds is 16. The second-order valence-electron chi connectivity index (χ2n) is 11.7. The van der Waals surface area contributed by atoms with E-state index < -0.39 is 23.8 Å². The molecule has 2 amide bonds. The van der Waals surface area contributed by atoms with Gasteiger partial charge in [0.2, 0.25) is 0 Å². The van der Waals surface area contributed by atoms with Crippen LogP contribution >= 0.6 is 0 Å². The summed E-state index contributed by atoms with van der Waals surface area (Å²) in [4.78, 5) is 31.1. The highest BCUT2D eigenvalue weighted by Crippen LogP contribution is 2.19. The van der Waals surface area contributed by atoms with Crippen LogP contribution in [0.2, 0.25) is 0 Å². The number of carbonyl (C=O) groups is 2. The van der Waals surface area contributed by atoms with Crippen molar-refractivity contribution in [2.75, 3.05) is 19.6 Å². The summed E-state index contributed by atoms with van der Waals surface area (Å²) in [5, 5.41) is 11.1. The zero-order chi connectivity index (χ0) is 32.2. The molecule has 0 radical (unpaired) electrons. The largest absolute Gasteiger partial charge is 0.390 e. The lowest BCUT2D eigenvalue weighted by atomic mass is 10.00. The van der Waals surface area contributed by atoms with E-state index in [0.29, 0.717) is 29.8 Å². The molecule has 3 aromatic carbocycles. The van der Waals surface area contributed by atoms with E-state index in [1.165, 1.54) is 17.0 Å². The number of amides is 2. The molecule has 0 aromatic heterocycles. The van der Waals surface area contributed by atoms with E-state index in [1.807, 2.05) is 42.2 Å². The molecule has 8 heteroatoms. The number of benzene rings is 3. The summed E-state index contributed by atoms with van der Waals surface area (Å²) >= 11 is 0. The SMILES string of the molecule is CCCCN(CCCC)C(=O)c1cc(C)cc(C(=O)N(Cc2cccc(CC)c2)C[C@@H](O)[C@@H](N)Cc2cc(F)cc(F)c2)c1. The van der Waals surface area contributed by atoms with Crippen LogP contribution < -0.4 is 5.73 Å². The molecule has 0 unspecified atom stereocenters. The lowest BCUT2D eigenvalue weighted by Crippen LogP contribution is -2.46. The van der Waals surface area contributed by atoms with Crippen LogP contribution in [-0.2, 0) is 19.4 Å². The summed E-state index contributed by atoms with van der Waals surface area (Å²) in [6, 6.07) is 15.4. The molecule has 44 heavy (non-hydrogen) atoms. The van der Waals surface area contributed by atoms with E-state index in [0.717, 1.165) is 54.9 Å². The van der Waals surface area contributed by atoms with Crippen LogP contribution in [0.4, 0.5) is 8.78 Å². The Morgan fingerprint density at radius 2 is 1.36 bits per heavy atom. The molecule has 2 atom stereocenters. The van der Waals surface area contributed by atoms with E-state index in [2.05, 4.69) is 20.8 Å². The highest BCUT2D eigenvalue weighted by Gasteiger charge is 2.26. The fourth-order valence-corrected chi connectivity index (χ4v) is 5.29. The Bertz CT molecular complexity index is 1370. The summed E-state index contributed by atoms with van der Waals surface area (Å²) < 4.78 is 27.5. The Morgan fingerprint density at radius 3 is 1.93 bits per heavy atom. The minimum absolute atomic E-state index is 0.0254. The van der Waals surface area contributed by atoms with Gasteiger partial charge in [-0.3, -0.25) is 9.59 Å². The monoisotopic (exact) mass is 607 g/mol. The Balaban J connectivity index is 1.91. The zero-order valence-electron chi connectivity index (χ0n) is 26.5. The van der Waals surface area contributed by atoms with Gasteiger partial charge in [0, 0.05) is 49.4 Å². The van der Waals surface area contributed by atoms with Gasteiger partial charge in [0.1, 0.15) is 11.6 Å². The first-order valence-corrected chi connectivity index (χ1v) is 15.7. The average Bonchev–Trinajstić information content (AvgIpc) is 2.99. The minimum atomic E-state index is -1.18. The van der Waals surface area contributed by atoms with Crippen LogP contribution in [-0.4, -0.2) is 58.5 Å². The molecule has 0 aliphatic heterocycles. The van der Waals surface area contributed by atoms with Gasteiger partial charge >= 0.3 is 0 Å². The second kappa shape index (κ2) is 17.0. The summed E-state index contributed by atoms with van der Waals surface area (Å²) in [6.45, 7) is 9.51. The number of hydrogen-bond acceptors (Lipinski definition) is 4. The van der Waals surface area contributed by atoms with E-state index in [9.17, 15) is 23.5 Å². The van der Waals surface area contributed by atoms with Crippen molar-refractivity contribution in [1.82, 2.24) is 9.80 Å². The third kappa shape index (κ3) is 10.2. The normalized spacial score (nSPS) is 12.5. The predicted octanol–water partition coefficient (Wildman–Crippen LogP) is 6.45. The first-order valence-electron chi connectivity index (χ1n) is 15.7. The number of nitrogens with zero attached hydrogens (tertiary/aromatic N) is 2. The first kappa shape index (κ1) is 34.9. The highest BCUT2D eigenvalue weighted by molar-refractivity contribution is 6.00. The number of halogens is 2. The van der Waals surface area contributed by atoms with Gasteiger partial charge in [-0.25, -0.2) is 8.78 Å². The molecular weight excluding hydrogens is 560 g/mol. The summed E-state index contributed by atoms with van der Waals surface area (Å²) in [5.41, 5.74) is 10.2. The van der Waals surface area contributed by atoms with Crippen LogP contribution in [0.1, 0.15) is 89.4 Å². The molecule has 3 N–H and O–H groups in total. The standard InChI is InChI=1S/C36H47F2N3O3/c1-5-8-13-40(14-9-6-2)35(43)29-15-25(4)16-30(21-29)36(44)41(23-27-12-10-11-26(7-3)17-27)24-34(42)33(39)20-28-18-31(37)22-32(38)19-28/h10-12,15-19,21-22,33-34,42H,5-9,13-14,20,23-24,39H2,1-4H3/t33-,34+/m0/s1. The van der Waals surface area contributed by atoms with Gasteiger partial charge in [-0.15, -0.1) is 0 Å². The van der Waals surface area contributed by atoms with Crippen molar-refractivity contribution in [3.05, 3.63) is 106 Å². The van der Waals surface area contributed by atoms with Crippen LogP contribution in [0.5, 0.6) is 0 Å². The summed E-state index contributed by atoms with van der Waals surface area (Å²) in [6.07, 6.45) is 3.42. The molecule has 3 rings (SSSR count). The Hall–Kier alpha value is -3.62. The van der Waals surface area contributed by atoms with Crippen molar-refractivity contribution < 1.29 is 23.5 Å². The van der Waals surface area contributed by atoms with Crippen LogP contribution in [0.3, 0.4) is 0 Å². The summed E-state index contributed by atoms with van der Waals surface area (Å²) in [7, 11) is 0. The molecule has 0 aliphatic carbocycles. The molecule has 0 saturated heterocycles. The molecule has 0 bridgehead atoms. The molecule has 0 aliphatic rings. The second-order valence-corrected chi connectivity index (χ2v) is 11.7. The maximum atomic E-state index is 14.1. The molecular formula is C36H47F2N3O3. The van der Waals surface area contributed by atoms with Crippen molar-refractivity contribution in [3.63, 3.8) is 0 Å². The van der Waals surface area contributed by atoms with Gasteiger partial charge in [-0.2, -0.15) is 0 Å². The fraction of sp³-hybridized carbons (Fsp3) is 0.444. The fourth-order valence-electron chi connectivity index (χ4n) is 5.29. The van der Waals surface area contributed by atoms with Gasteiger partial charge < -0.3 is 20.6 Å². The average molecular weight is 608 g/mol. The van der Waals surface area contributed by atoms with Crippen molar-refractivity contribution in [3.8, 4) is 0 Å². The minimum Gasteiger partial charge on any atom is -0.390 e. The third-order valence-electron chi connectivity index (χ3n) is 7.78. The van der Waals surface area contributed by atoms with Gasteiger partial charge in [-0.05, 0) is 85.2 Å². The maximum absolute atomic E-state index is 14.1. The van der Waals surface area contributed by atoms with E-state index in [1.54, 1.807) is 12.1 Å². The van der Waals surface area contributed by atoms with Crippen LogP contribution in [0, 0.1) is 18.6 Å². The van der Waals surface area contributed by atoms with Crippen LogP contribution in [0.25, 0.3) is 0 Å². The van der Waals surface area contributed by atoms with Gasteiger partial charge in [0.15, 0.2) is 0 Å². The number of carbonyl (C=O) groups excluding carboxylic acids is 2. The van der Waals surface area contributed by atoms with Crippen molar-refractivity contribution >= 4 is 11.8 Å². The number of hydrogen-bond donors (Lipinski definition) is 2. The third-order valence-corrected chi connectivity index (χ3v) is 7.78. The molecule has 0 heterocycles. The van der Waals surface area contributed by atoms with E-state index in [4.69, 9.17) is 5.73 Å². The number of unbranched alkanes of at least 4 members (excludes halogenated alkanes) is 2. The van der Waals surface area contributed by atoms with Crippen molar-refractivity contribution in [2.24, 2.45) is 5.73 Å². The lowest BCUT2D eigenvalue weighted by molar-refractivity contribution is 0.0554. The van der Waals surface area contributed by atoms with Gasteiger partial charge in [0.25, 0.3) is 11.8 Å². The number of nitrogens with two attached hydrogens (primary N) is 1. The molecule has 6 nitrogen and oxygen atoms in total. The number of aliphatic hydroxyl groups is 1. The Morgan fingerprint density at radius 1 is 0.795 bits per heavy atom. The Labute approximate surface area is 260 Å². The Kier molecular flexibility index (Phi) is 13.5. The van der Waals surface area contributed by atoms with Gasteiger partial charge in [-0.1, -0.05) is 57.9 Å². The van der Waals surface area contributed by atoms with Crippen LogP contribution in [0.15, 0.2) is 60.7 Å². The molecule has 0 saturated carbocycles. The molecule has 0 fully saturated rings. The zero-order valence-corrected chi connectivity index (χ0v) is 26.5. The molecule has 3 aromatic rings. The molecule has 0 spiro atoms. The maximum Gasteiger partial charge on any atom is 0.254 e.